The summed E-state index contributed by atoms with van der Waals surface area (Å²) < 4.78 is 0. The molecule has 0 aliphatic heterocycles. The van der Waals surface area contributed by atoms with Crippen molar-refractivity contribution in [1.29, 1.82) is 0 Å². The van der Waals surface area contributed by atoms with Gasteiger partial charge in [-0.2, -0.15) is 0 Å². The maximum atomic E-state index is 12.2. The van der Waals surface area contributed by atoms with Crippen LogP contribution in [-0.4, -0.2) is 11.9 Å². The normalized spacial score (nSPS) is 23.2. The van der Waals surface area contributed by atoms with E-state index in [1.165, 1.54) is 0 Å². The predicted molar refractivity (Wildman–Crippen MR) is 69.6 cm³/mol. The fourth-order valence-corrected chi connectivity index (χ4v) is 1.90. The zero-order valence-corrected chi connectivity index (χ0v) is 10.7. The fourth-order valence-electron chi connectivity index (χ4n) is 1.90. The number of rotatable bonds is 3. The molecule has 3 N–H and O–H groups in total. The molecule has 92 valence electrons. The van der Waals surface area contributed by atoms with Crippen LogP contribution in [-0.2, 0) is 10.2 Å². The highest BCUT2D eigenvalue weighted by Gasteiger charge is 2.38. The Balaban J connectivity index is 2.11. The highest BCUT2D eigenvalue weighted by molar-refractivity contribution is 5.87. The van der Waals surface area contributed by atoms with Crippen LogP contribution in [0.2, 0.25) is 0 Å². The van der Waals surface area contributed by atoms with Crippen molar-refractivity contribution in [2.45, 2.75) is 38.6 Å². The number of carbonyl (C=O) groups is 1. The number of hydrogen-bond acceptors (Lipinski definition) is 2. The van der Waals surface area contributed by atoms with E-state index in [1.807, 2.05) is 38.1 Å². The Morgan fingerprint density at radius 2 is 1.88 bits per heavy atom. The quantitative estimate of drug-likeness (QED) is 0.784. The Morgan fingerprint density at radius 1 is 1.35 bits per heavy atom. The molecule has 2 rings (SSSR count). The van der Waals surface area contributed by atoms with E-state index in [4.69, 9.17) is 5.73 Å². The molecule has 2 unspecified atom stereocenters. The van der Waals surface area contributed by atoms with Crippen molar-refractivity contribution < 1.29 is 4.79 Å². The molecule has 0 aromatic heterocycles. The second-order valence-corrected chi connectivity index (χ2v) is 5.54. The van der Waals surface area contributed by atoms with E-state index in [1.54, 1.807) is 0 Å². The number of benzene rings is 1. The smallest absolute Gasteiger partial charge is 0.230 e. The number of carbonyl (C=O) groups excluding carboxylic acids is 1. The largest absolute Gasteiger partial charge is 0.399 e. The molecule has 2 atom stereocenters. The Kier molecular flexibility index (Phi) is 2.86. The number of anilines is 1. The third-order valence-electron chi connectivity index (χ3n) is 3.63. The van der Waals surface area contributed by atoms with E-state index in [9.17, 15) is 4.79 Å². The third-order valence-corrected chi connectivity index (χ3v) is 3.63. The summed E-state index contributed by atoms with van der Waals surface area (Å²) in [7, 11) is 0. The minimum Gasteiger partial charge on any atom is -0.399 e. The minimum atomic E-state index is -0.504. The lowest BCUT2D eigenvalue weighted by molar-refractivity contribution is -0.125. The summed E-state index contributed by atoms with van der Waals surface area (Å²) in [6.07, 6.45) is 1.10. The van der Waals surface area contributed by atoms with Crippen LogP contribution in [0.25, 0.3) is 0 Å². The van der Waals surface area contributed by atoms with Gasteiger partial charge in [-0.3, -0.25) is 4.79 Å². The number of nitrogens with one attached hydrogen (secondary N) is 1. The average molecular weight is 232 g/mol. The second kappa shape index (κ2) is 4.06. The fraction of sp³-hybridized carbons (Fsp3) is 0.500. The monoisotopic (exact) mass is 232 g/mol. The van der Waals surface area contributed by atoms with Crippen molar-refractivity contribution in [2.24, 2.45) is 5.92 Å². The van der Waals surface area contributed by atoms with Gasteiger partial charge in [0.2, 0.25) is 5.91 Å². The zero-order valence-electron chi connectivity index (χ0n) is 10.7. The van der Waals surface area contributed by atoms with Crippen LogP contribution in [0.3, 0.4) is 0 Å². The van der Waals surface area contributed by atoms with Crippen molar-refractivity contribution >= 4 is 11.6 Å². The van der Waals surface area contributed by atoms with Gasteiger partial charge < -0.3 is 11.1 Å². The average Bonchev–Trinajstić information content (AvgIpc) is 2.94. The van der Waals surface area contributed by atoms with Crippen molar-refractivity contribution in [3.05, 3.63) is 29.8 Å². The lowest BCUT2D eigenvalue weighted by Crippen LogP contribution is -2.41. The van der Waals surface area contributed by atoms with E-state index in [0.29, 0.717) is 12.0 Å². The van der Waals surface area contributed by atoms with E-state index < -0.39 is 5.41 Å². The molecule has 1 aromatic rings. The van der Waals surface area contributed by atoms with Crippen LogP contribution < -0.4 is 11.1 Å². The first-order valence-corrected chi connectivity index (χ1v) is 6.08. The summed E-state index contributed by atoms with van der Waals surface area (Å²) in [5.41, 5.74) is 6.87. The predicted octanol–water partition coefficient (Wildman–Crippen LogP) is 2.07. The van der Waals surface area contributed by atoms with Gasteiger partial charge in [-0.25, -0.2) is 0 Å². The molecule has 0 heterocycles. The number of hydrogen-bond donors (Lipinski definition) is 2. The zero-order chi connectivity index (χ0) is 12.6. The van der Waals surface area contributed by atoms with Crippen molar-refractivity contribution in [3.63, 3.8) is 0 Å². The maximum Gasteiger partial charge on any atom is 0.230 e. The highest BCUT2D eigenvalue weighted by Crippen LogP contribution is 2.31. The molecular weight excluding hydrogens is 212 g/mol. The first-order chi connectivity index (χ1) is 7.91. The van der Waals surface area contributed by atoms with E-state index in [2.05, 4.69) is 12.2 Å². The Bertz CT molecular complexity index is 422. The van der Waals surface area contributed by atoms with Crippen molar-refractivity contribution in [1.82, 2.24) is 5.32 Å². The third kappa shape index (κ3) is 2.43. The molecule has 17 heavy (non-hydrogen) atoms. The summed E-state index contributed by atoms with van der Waals surface area (Å²) in [5, 5.41) is 3.09. The summed E-state index contributed by atoms with van der Waals surface area (Å²) in [6.45, 7) is 6.04. The van der Waals surface area contributed by atoms with Gasteiger partial charge in [0.15, 0.2) is 0 Å². The summed E-state index contributed by atoms with van der Waals surface area (Å²) >= 11 is 0. The van der Waals surface area contributed by atoms with E-state index >= 15 is 0 Å². The van der Waals surface area contributed by atoms with Crippen LogP contribution in [0.4, 0.5) is 5.69 Å². The molecule has 0 radical (unpaired) electrons. The maximum absolute atomic E-state index is 12.2. The first kappa shape index (κ1) is 12.0. The molecule has 0 bridgehead atoms. The van der Waals surface area contributed by atoms with Crippen molar-refractivity contribution in [3.8, 4) is 0 Å². The standard InChI is InChI=1S/C14H20N2O/c1-9-8-12(9)16-13(17)14(2,3)10-4-6-11(15)7-5-10/h4-7,9,12H,8,15H2,1-3H3,(H,16,17). The van der Waals surface area contributed by atoms with Gasteiger partial charge in [0.1, 0.15) is 0 Å². The SMILES string of the molecule is CC1CC1NC(=O)C(C)(C)c1ccc(N)cc1. The van der Waals surface area contributed by atoms with Gasteiger partial charge in [0.05, 0.1) is 5.41 Å². The van der Waals surface area contributed by atoms with Crippen LogP contribution in [0.5, 0.6) is 0 Å². The Hall–Kier alpha value is -1.51. The molecule has 0 spiro atoms. The molecule has 3 heteroatoms. The van der Waals surface area contributed by atoms with Gasteiger partial charge in [0.25, 0.3) is 0 Å². The van der Waals surface area contributed by atoms with Gasteiger partial charge in [-0.15, -0.1) is 0 Å². The highest BCUT2D eigenvalue weighted by atomic mass is 16.2. The van der Waals surface area contributed by atoms with Gasteiger partial charge >= 0.3 is 0 Å². The molecule has 1 fully saturated rings. The molecular formula is C14H20N2O. The van der Waals surface area contributed by atoms with Crippen molar-refractivity contribution in [2.75, 3.05) is 5.73 Å². The molecule has 1 aliphatic rings. The first-order valence-electron chi connectivity index (χ1n) is 6.08. The molecule has 3 nitrogen and oxygen atoms in total. The molecule has 1 saturated carbocycles. The van der Waals surface area contributed by atoms with E-state index in [0.717, 1.165) is 17.7 Å². The van der Waals surface area contributed by atoms with Crippen LogP contribution in [0.1, 0.15) is 32.8 Å². The number of nitrogens with two attached hydrogens (primary N) is 1. The summed E-state index contributed by atoms with van der Waals surface area (Å²) in [4.78, 5) is 12.2. The second-order valence-electron chi connectivity index (χ2n) is 5.54. The summed E-state index contributed by atoms with van der Waals surface area (Å²) in [5.74, 6) is 0.720. The van der Waals surface area contributed by atoms with E-state index in [-0.39, 0.29) is 5.91 Å². The van der Waals surface area contributed by atoms with Crippen LogP contribution in [0, 0.1) is 5.92 Å². The van der Waals surface area contributed by atoms with Crippen LogP contribution in [0.15, 0.2) is 24.3 Å². The summed E-state index contributed by atoms with van der Waals surface area (Å²) in [6, 6.07) is 7.89. The lowest BCUT2D eigenvalue weighted by Gasteiger charge is -2.24. The minimum absolute atomic E-state index is 0.0941. The Morgan fingerprint density at radius 3 is 2.35 bits per heavy atom. The van der Waals surface area contributed by atoms with Gasteiger partial charge in [-0.05, 0) is 43.9 Å². The topological polar surface area (TPSA) is 55.1 Å². The number of amides is 1. The van der Waals surface area contributed by atoms with Crippen LogP contribution >= 0.6 is 0 Å². The molecule has 0 saturated heterocycles. The molecule has 1 amide bonds. The van der Waals surface area contributed by atoms with Gasteiger partial charge in [-0.1, -0.05) is 19.1 Å². The molecule has 1 aromatic carbocycles. The lowest BCUT2D eigenvalue weighted by atomic mass is 9.83. The van der Waals surface area contributed by atoms with Gasteiger partial charge in [0, 0.05) is 11.7 Å². The number of nitrogen functional groups attached to an aromatic ring is 1. The molecule has 1 aliphatic carbocycles. The Labute approximate surface area is 102 Å².